The minimum atomic E-state index is -0.345. The van der Waals surface area contributed by atoms with Gasteiger partial charge in [-0.15, -0.1) is 11.3 Å². The molecule has 0 unspecified atom stereocenters. The van der Waals surface area contributed by atoms with E-state index in [1.807, 2.05) is 25.1 Å². The molecule has 1 aromatic heterocycles. The molecule has 2 aromatic rings. The highest BCUT2D eigenvalue weighted by molar-refractivity contribution is 8.00. The number of carbonyl (C=O) groups excluding carboxylic acids is 2. The fourth-order valence-electron chi connectivity index (χ4n) is 1.93. The van der Waals surface area contributed by atoms with Gasteiger partial charge in [0.25, 0.3) is 0 Å². The van der Waals surface area contributed by atoms with Gasteiger partial charge in [0.2, 0.25) is 0 Å². The van der Waals surface area contributed by atoms with Gasteiger partial charge in [-0.1, -0.05) is 30.0 Å². The standard InChI is InChI=1S/C16H17NO4S2/c1-10-13(8-14(18)20-2)23-16(17-10)22-9-11-6-4-5-7-12(11)15(19)21-3/h4-7H,8-9H2,1-3H3. The Kier molecular flexibility index (Phi) is 6.18. The summed E-state index contributed by atoms with van der Waals surface area (Å²) < 4.78 is 10.3. The summed E-state index contributed by atoms with van der Waals surface area (Å²) in [6.07, 6.45) is 0.235. The molecule has 122 valence electrons. The molecule has 7 heteroatoms. The number of aryl methyl sites for hydroxylation is 1. The van der Waals surface area contributed by atoms with E-state index in [2.05, 4.69) is 9.72 Å². The van der Waals surface area contributed by atoms with Crippen molar-refractivity contribution in [2.24, 2.45) is 0 Å². The van der Waals surface area contributed by atoms with Crippen LogP contribution in [0, 0.1) is 6.92 Å². The molecule has 0 atom stereocenters. The molecular formula is C16H17NO4S2. The van der Waals surface area contributed by atoms with Gasteiger partial charge in [-0.05, 0) is 18.6 Å². The van der Waals surface area contributed by atoms with Gasteiger partial charge in [0.15, 0.2) is 4.34 Å². The largest absolute Gasteiger partial charge is 0.469 e. The molecule has 0 saturated carbocycles. The molecule has 0 radical (unpaired) electrons. The number of rotatable bonds is 6. The Balaban J connectivity index is 2.09. The molecule has 0 aliphatic carbocycles. The van der Waals surface area contributed by atoms with Crippen LogP contribution in [0.15, 0.2) is 28.6 Å². The molecule has 23 heavy (non-hydrogen) atoms. The first kappa shape index (κ1) is 17.5. The van der Waals surface area contributed by atoms with Crippen molar-refractivity contribution in [3.63, 3.8) is 0 Å². The lowest BCUT2D eigenvalue weighted by Crippen LogP contribution is -2.04. The van der Waals surface area contributed by atoms with E-state index >= 15 is 0 Å². The van der Waals surface area contributed by atoms with Crippen LogP contribution in [-0.2, 0) is 26.4 Å². The summed E-state index contributed by atoms with van der Waals surface area (Å²) in [7, 11) is 2.74. The SMILES string of the molecule is COC(=O)Cc1sc(SCc2ccccc2C(=O)OC)nc1C. The summed E-state index contributed by atoms with van der Waals surface area (Å²) in [5, 5.41) is 0. The van der Waals surface area contributed by atoms with Crippen molar-refractivity contribution < 1.29 is 19.1 Å². The zero-order valence-corrected chi connectivity index (χ0v) is 14.8. The first-order valence-corrected chi connectivity index (χ1v) is 8.67. The highest BCUT2D eigenvalue weighted by Gasteiger charge is 2.15. The van der Waals surface area contributed by atoms with Gasteiger partial charge in [0.05, 0.1) is 31.9 Å². The topological polar surface area (TPSA) is 65.5 Å². The van der Waals surface area contributed by atoms with E-state index in [4.69, 9.17) is 4.74 Å². The summed E-state index contributed by atoms with van der Waals surface area (Å²) in [6.45, 7) is 1.88. The van der Waals surface area contributed by atoms with E-state index in [9.17, 15) is 9.59 Å². The van der Waals surface area contributed by atoms with E-state index in [1.54, 1.807) is 6.07 Å². The lowest BCUT2D eigenvalue weighted by Gasteiger charge is -2.06. The maximum atomic E-state index is 11.8. The number of hydrogen-bond acceptors (Lipinski definition) is 7. The molecule has 0 aliphatic rings. The smallest absolute Gasteiger partial charge is 0.338 e. The molecule has 0 N–H and O–H groups in total. The number of ether oxygens (including phenoxy) is 2. The van der Waals surface area contributed by atoms with Crippen LogP contribution in [0.5, 0.6) is 0 Å². The molecular weight excluding hydrogens is 334 g/mol. The van der Waals surface area contributed by atoms with Gasteiger partial charge in [0.1, 0.15) is 0 Å². The second-order valence-electron chi connectivity index (χ2n) is 4.68. The first-order valence-electron chi connectivity index (χ1n) is 6.87. The predicted molar refractivity (Wildman–Crippen MR) is 89.9 cm³/mol. The molecule has 0 amide bonds. The third-order valence-corrected chi connectivity index (χ3v) is 5.53. The van der Waals surface area contributed by atoms with Crippen molar-refractivity contribution in [2.45, 2.75) is 23.4 Å². The van der Waals surface area contributed by atoms with Gasteiger partial charge in [-0.2, -0.15) is 0 Å². The number of benzene rings is 1. The Labute approximate surface area is 143 Å². The molecule has 0 bridgehead atoms. The predicted octanol–water partition coefficient (Wildman–Crippen LogP) is 3.25. The lowest BCUT2D eigenvalue weighted by molar-refractivity contribution is -0.139. The van der Waals surface area contributed by atoms with Gasteiger partial charge in [-0.3, -0.25) is 4.79 Å². The quantitative estimate of drug-likeness (QED) is 0.588. The maximum absolute atomic E-state index is 11.8. The molecule has 1 aromatic carbocycles. The monoisotopic (exact) mass is 351 g/mol. The van der Waals surface area contributed by atoms with Crippen molar-refractivity contribution in [3.8, 4) is 0 Å². The van der Waals surface area contributed by atoms with Gasteiger partial charge < -0.3 is 9.47 Å². The van der Waals surface area contributed by atoms with Crippen LogP contribution >= 0.6 is 23.1 Å². The van der Waals surface area contributed by atoms with E-state index in [1.165, 1.54) is 37.3 Å². The van der Waals surface area contributed by atoms with Crippen molar-refractivity contribution >= 4 is 35.0 Å². The summed E-state index contributed by atoms with van der Waals surface area (Å²) >= 11 is 3.01. The van der Waals surface area contributed by atoms with Crippen molar-refractivity contribution in [3.05, 3.63) is 46.0 Å². The summed E-state index contributed by atoms with van der Waals surface area (Å²) in [4.78, 5) is 28.5. The number of thioether (sulfide) groups is 1. The average Bonchev–Trinajstić information content (AvgIpc) is 2.92. The summed E-state index contributed by atoms with van der Waals surface area (Å²) in [5.41, 5.74) is 2.29. The highest BCUT2D eigenvalue weighted by atomic mass is 32.2. The van der Waals surface area contributed by atoms with Crippen molar-refractivity contribution in [1.29, 1.82) is 0 Å². The Hall–Kier alpha value is -1.86. The van der Waals surface area contributed by atoms with E-state index in [0.29, 0.717) is 11.3 Å². The van der Waals surface area contributed by atoms with E-state index < -0.39 is 0 Å². The van der Waals surface area contributed by atoms with E-state index in [0.717, 1.165) is 20.5 Å². The molecule has 1 heterocycles. The minimum absolute atomic E-state index is 0.235. The fraction of sp³-hybridized carbons (Fsp3) is 0.312. The van der Waals surface area contributed by atoms with Crippen LogP contribution in [0.2, 0.25) is 0 Å². The van der Waals surface area contributed by atoms with Crippen LogP contribution in [0.3, 0.4) is 0 Å². The number of nitrogens with zero attached hydrogens (tertiary/aromatic N) is 1. The zero-order chi connectivity index (χ0) is 16.8. The molecule has 0 aliphatic heterocycles. The third kappa shape index (κ3) is 4.56. The second kappa shape index (κ2) is 8.12. The van der Waals surface area contributed by atoms with Gasteiger partial charge in [-0.25, -0.2) is 9.78 Å². The molecule has 0 spiro atoms. The first-order chi connectivity index (χ1) is 11.0. The van der Waals surface area contributed by atoms with Crippen molar-refractivity contribution in [1.82, 2.24) is 4.98 Å². The fourth-order valence-corrected chi connectivity index (χ4v) is 4.15. The van der Waals surface area contributed by atoms with Gasteiger partial charge >= 0.3 is 11.9 Å². The Morgan fingerprint density at radius 2 is 1.96 bits per heavy atom. The van der Waals surface area contributed by atoms with Gasteiger partial charge in [0, 0.05) is 10.6 Å². The highest BCUT2D eigenvalue weighted by Crippen LogP contribution is 2.31. The Bertz CT molecular complexity index is 712. The Morgan fingerprint density at radius 1 is 1.22 bits per heavy atom. The minimum Gasteiger partial charge on any atom is -0.469 e. The molecule has 2 rings (SSSR count). The molecule has 5 nitrogen and oxygen atoms in total. The second-order valence-corrected chi connectivity index (χ2v) is 6.98. The summed E-state index contributed by atoms with van der Waals surface area (Å²) in [6, 6.07) is 7.34. The average molecular weight is 351 g/mol. The van der Waals surface area contributed by atoms with Crippen LogP contribution in [0.4, 0.5) is 0 Å². The number of aromatic nitrogens is 1. The number of thiazole rings is 1. The third-order valence-electron chi connectivity index (χ3n) is 3.18. The van der Waals surface area contributed by atoms with Crippen LogP contribution in [0.25, 0.3) is 0 Å². The molecule has 0 saturated heterocycles. The summed E-state index contributed by atoms with van der Waals surface area (Å²) in [5.74, 6) is -0.0113. The van der Waals surface area contributed by atoms with Crippen LogP contribution in [0.1, 0.15) is 26.5 Å². The van der Waals surface area contributed by atoms with Crippen LogP contribution in [-0.4, -0.2) is 31.1 Å². The number of methoxy groups -OCH3 is 2. The zero-order valence-electron chi connectivity index (χ0n) is 13.1. The Morgan fingerprint density at radius 3 is 2.65 bits per heavy atom. The van der Waals surface area contributed by atoms with E-state index in [-0.39, 0.29) is 18.4 Å². The lowest BCUT2D eigenvalue weighted by atomic mass is 10.1. The van der Waals surface area contributed by atoms with Crippen molar-refractivity contribution in [2.75, 3.05) is 14.2 Å². The normalized spacial score (nSPS) is 10.4. The van der Waals surface area contributed by atoms with Crippen LogP contribution < -0.4 is 0 Å². The number of carbonyl (C=O) groups is 2. The molecule has 0 fully saturated rings. The number of esters is 2. The maximum Gasteiger partial charge on any atom is 0.338 e. The number of hydrogen-bond donors (Lipinski definition) is 0.